The minimum absolute atomic E-state index is 0.0560. The molecule has 5 heteroatoms. The van der Waals surface area contributed by atoms with E-state index >= 15 is 0 Å². The van der Waals surface area contributed by atoms with E-state index in [9.17, 15) is 9.90 Å². The summed E-state index contributed by atoms with van der Waals surface area (Å²) in [6.07, 6.45) is 0.840. The molecule has 0 fully saturated rings. The van der Waals surface area contributed by atoms with E-state index in [1.165, 1.54) is 0 Å². The number of para-hydroxylation sites is 1. The number of rotatable bonds is 9. The average Bonchev–Trinajstić information content (AvgIpc) is 2.60. The molecule has 0 aliphatic carbocycles. The smallest absolute Gasteiger partial charge is 0.343 e. The summed E-state index contributed by atoms with van der Waals surface area (Å²) in [4.78, 5) is 11.8. The van der Waals surface area contributed by atoms with Crippen molar-refractivity contribution < 1.29 is 24.1 Å². The molecule has 0 radical (unpaired) electrons. The SMILES string of the molecule is CCCOCOC(Oc1ccccc1)=C(C(=O)O)c1ccccc1. The molecule has 0 unspecified atom stereocenters. The van der Waals surface area contributed by atoms with Gasteiger partial charge in [0.2, 0.25) is 0 Å². The molecule has 5 nitrogen and oxygen atoms in total. The maximum Gasteiger partial charge on any atom is 0.343 e. The zero-order valence-corrected chi connectivity index (χ0v) is 13.5. The van der Waals surface area contributed by atoms with Crippen LogP contribution >= 0.6 is 0 Å². The Labute approximate surface area is 141 Å². The molecule has 0 heterocycles. The first-order valence-electron chi connectivity index (χ1n) is 7.68. The lowest BCUT2D eigenvalue weighted by Crippen LogP contribution is -2.13. The maximum absolute atomic E-state index is 11.8. The average molecular weight is 328 g/mol. The largest absolute Gasteiger partial charge is 0.477 e. The van der Waals surface area contributed by atoms with Gasteiger partial charge in [-0.1, -0.05) is 55.5 Å². The number of benzene rings is 2. The number of hydrogen-bond acceptors (Lipinski definition) is 4. The van der Waals surface area contributed by atoms with Crippen LogP contribution in [-0.2, 0) is 14.3 Å². The highest BCUT2D eigenvalue weighted by Gasteiger charge is 2.21. The molecule has 2 aromatic carbocycles. The van der Waals surface area contributed by atoms with Gasteiger partial charge in [-0.15, -0.1) is 0 Å². The van der Waals surface area contributed by atoms with E-state index in [1.54, 1.807) is 48.5 Å². The maximum atomic E-state index is 11.8. The van der Waals surface area contributed by atoms with Gasteiger partial charge < -0.3 is 19.3 Å². The van der Waals surface area contributed by atoms with E-state index in [1.807, 2.05) is 19.1 Å². The summed E-state index contributed by atoms with van der Waals surface area (Å²) in [5, 5.41) is 9.62. The van der Waals surface area contributed by atoms with Gasteiger partial charge in [-0.3, -0.25) is 0 Å². The predicted octanol–water partition coefficient (Wildman–Crippen LogP) is 3.92. The molecule has 24 heavy (non-hydrogen) atoms. The van der Waals surface area contributed by atoms with Crippen LogP contribution in [0.25, 0.3) is 5.57 Å². The van der Waals surface area contributed by atoms with Crippen molar-refractivity contribution in [3.63, 3.8) is 0 Å². The molecule has 0 aliphatic heterocycles. The summed E-state index contributed by atoms with van der Waals surface area (Å²) in [5.41, 5.74) is 0.436. The lowest BCUT2D eigenvalue weighted by atomic mass is 10.1. The summed E-state index contributed by atoms with van der Waals surface area (Å²) < 4.78 is 16.4. The second kappa shape index (κ2) is 9.37. The van der Waals surface area contributed by atoms with Gasteiger partial charge in [0.25, 0.3) is 0 Å². The van der Waals surface area contributed by atoms with Crippen LogP contribution in [0, 0.1) is 0 Å². The standard InChI is InChI=1S/C19H20O5/c1-2-13-22-14-23-19(24-16-11-7-4-8-12-16)17(18(20)21)15-9-5-3-6-10-15/h3-12H,2,13-14H2,1H3,(H,20,21). The monoisotopic (exact) mass is 328 g/mol. The van der Waals surface area contributed by atoms with E-state index in [4.69, 9.17) is 14.2 Å². The molecule has 1 N–H and O–H groups in total. The molecule has 0 saturated heterocycles. The molecule has 2 aromatic rings. The highest BCUT2D eigenvalue weighted by atomic mass is 16.7. The van der Waals surface area contributed by atoms with Crippen LogP contribution in [0.2, 0.25) is 0 Å². The van der Waals surface area contributed by atoms with Gasteiger partial charge in [0.05, 0.1) is 6.61 Å². The van der Waals surface area contributed by atoms with Gasteiger partial charge in [0.15, 0.2) is 6.79 Å². The number of carboxylic acid groups (broad SMARTS) is 1. The first-order valence-corrected chi connectivity index (χ1v) is 7.68. The van der Waals surface area contributed by atoms with Gasteiger partial charge in [-0.25, -0.2) is 4.79 Å². The number of aliphatic carboxylic acids is 1. The third-order valence-corrected chi connectivity index (χ3v) is 3.06. The van der Waals surface area contributed by atoms with E-state index in [0.29, 0.717) is 17.9 Å². The zero-order chi connectivity index (χ0) is 17.2. The van der Waals surface area contributed by atoms with Crippen LogP contribution in [0.1, 0.15) is 18.9 Å². The Balaban J connectivity index is 2.34. The van der Waals surface area contributed by atoms with Crippen molar-refractivity contribution in [2.75, 3.05) is 13.4 Å². The number of ether oxygens (including phenoxy) is 3. The van der Waals surface area contributed by atoms with Crippen molar-refractivity contribution in [3.05, 3.63) is 72.2 Å². The van der Waals surface area contributed by atoms with Crippen LogP contribution in [0.15, 0.2) is 66.6 Å². The van der Waals surface area contributed by atoms with Gasteiger partial charge in [0.1, 0.15) is 11.3 Å². The van der Waals surface area contributed by atoms with E-state index in [2.05, 4.69) is 0 Å². The normalized spacial score (nSPS) is 11.5. The molecule has 126 valence electrons. The lowest BCUT2D eigenvalue weighted by Gasteiger charge is -2.15. The Morgan fingerprint density at radius 3 is 2.21 bits per heavy atom. The highest BCUT2D eigenvalue weighted by Crippen LogP contribution is 2.23. The summed E-state index contributed by atoms with van der Waals surface area (Å²) >= 11 is 0. The van der Waals surface area contributed by atoms with Crippen LogP contribution in [0.3, 0.4) is 0 Å². The van der Waals surface area contributed by atoms with Crippen molar-refractivity contribution in [2.24, 2.45) is 0 Å². The van der Waals surface area contributed by atoms with Gasteiger partial charge in [0, 0.05) is 0 Å². The Morgan fingerprint density at radius 2 is 1.62 bits per heavy atom. The van der Waals surface area contributed by atoms with Gasteiger partial charge >= 0.3 is 11.9 Å². The summed E-state index contributed by atoms with van der Waals surface area (Å²) in [6, 6.07) is 17.6. The fourth-order valence-corrected chi connectivity index (χ4v) is 1.98. The summed E-state index contributed by atoms with van der Waals surface area (Å²) in [7, 11) is 0. The van der Waals surface area contributed by atoms with Crippen molar-refractivity contribution >= 4 is 11.5 Å². The predicted molar refractivity (Wildman–Crippen MR) is 90.3 cm³/mol. The minimum atomic E-state index is -1.14. The molecular weight excluding hydrogens is 308 g/mol. The number of hydrogen-bond donors (Lipinski definition) is 1. The second-order valence-corrected chi connectivity index (χ2v) is 4.92. The van der Waals surface area contributed by atoms with Gasteiger partial charge in [-0.05, 0) is 24.1 Å². The Hall–Kier alpha value is -2.79. The molecule has 0 aromatic heterocycles. The van der Waals surface area contributed by atoms with E-state index < -0.39 is 5.97 Å². The fourth-order valence-electron chi connectivity index (χ4n) is 1.98. The molecule has 0 spiro atoms. The van der Waals surface area contributed by atoms with Crippen molar-refractivity contribution in [1.29, 1.82) is 0 Å². The van der Waals surface area contributed by atoms with Crippen molar-refractivity contribution in [2.45, 2.75) is 13.3 Å². The number of carboxylic acids is 1. The minimum Gasteiger partial charge on any atom is -0.477 e. The lowest BCUT2D eigenvalue weighted by molar-refractivity contribution is -0.130. The zero-order valence-electron chi connectivity index (χ0n) is 13.5. The van der Waals surface area contributed by atoms with Crippen LogP contribution in [-0.4, -0.2) is 24.5 Å². The van der Waals surface area contributed by atoms with Crippen molar-refractivity contribution in [1.82, 2.24) is 0 Å². The highest BCUT2D eigenvalue weighted by molar-refractivity contribution is 6.15. The second-order valence-electron chi connectivity index (χ2n) is 4.92. The van der Waals surface area contributed by atoms with Crippen LogP contribution in [0.4, 0.5) is 0 Å². The van der Waals surface area contributed by atoms with Crippen LogP contribution in [0.5, 0.6) is 5.75 Å². The van der Waals surface area contributed by atoms with Crippen molar-refractivity contribution in [3.8, 4) is 5.75 Å². The Bertz CT molecular complexity index is 665. The molecule has 0 amide bonds. The Kier molecular flexibility index (Phi) is 6.86. The van der Waals surface area contributed by atoms with Crippen LogP contribution < -0.4 is 4.74 Å². The molecule has 0 aliphatic rings. The third kappa shape index (κ3) is 5.14. The molecule has 0 bridgehead atoms. The van der Waals surface area contributed by atoms with Gasteiger partial charge in [-0.2, -0.15) is 0 Å². The fraction of sp³-hybridized carbons (Fsp3) is 0.211. The summed E-state index contributed by atoms with van der Waals surface area (Å²) in [5.74, 6) is -0.753. The molecule has 2 rings (SSSR count). The van der Waals surface area contributed by atoms with E-state index in [-0.39, 0.29) is 18.3 Å². The third-order valence-electron chi connectivity index (χ3n) is 3.06. The molecule has 0 atom stereocenters. The quantitative estimate of drug-likeness (QED) is 0.327. The summed E-state index contributed by atoms with van der Waals surface area (Å²) in [6.45, 7) is 2.41. The van der Waals surface area contributed by atoms with E-state index in [0.717, 1.165) is 6.42 Å². The molecule has 0 saturated carbocycles. The first kappa shape index (κ1) is 17.6. The Morgan fingerprint density at radius 1 is 1.00 bits per heavy atom. The molecular formula is C19H20O5. The topological polar surface area (TPSA) is 65.0 Å². The number of carbonyl (C=O) groups is 1. The first-order chi connectivity index (χ1) is 11.7.